The molecule has 0 aliphatic carbocycles. The molecule has 7 nitrogen and oxygen atoms in total. The average molecular weight is 409 g/mol. The summed E-state index contributed by atoms with van der Waals surface area (Å²) in [5.41, 5.74) is 1.46. The van der Waals surface area contributed by atoms with Crippen molar-refractivity contribution in [3.8, 4) is 11.4 Å². The summed E-state index contributed by atoms with van der Waals surface area (Å²) in [6, 6.07) is 7.06. The number of carbonyl (C=O) groups is 1. The molecule has 0 atom stereocenters. The molecular weight excluding hydrogens is 391 g/mol. The van der Waals surface area contributed by atoms with Crippen molar-refractivity contribution in [3.63, 3.8) is 0 Å². The number of benzene rings is 1. The number of nitrogens with zero attached hydrogens (tertiary/aromatic N) is 4. The first-order valence-electron chi connectivity index (χ1n) is 8.33. The molecule has 1 aromatic carbocycles. The second-order valence-electron chi connectivity index (χ2n) is 6.43. The molecule has 3 rings (SSSR count). The Morgan fingerprint density at radius 2 is 2.11 bits per heavy atom. The van der Waals surface area contributed by atoms with Gasteiger partial charge < -0.3 is 9.26 Å². The zero-order chi connectivity index (χ0) is 19.6. The number of hydrogen-bond donors (Lipinski definition) is 0. The van der Waals surface area contributed by atoms with Gasteiger partial charge in [0.05, 0.1) is 5.69 Å². The van der Waals surface area contributed by atoms with Gasteiger partial charge in [-0.05, 0) is 25.0 Å². The maximum atomic E-state index is 12.4. The summed E-state index contributed by atoms with van der Waals surface area (Å²) in [5.74, 6) is 0.285. The lowest BCUT2D eigenvalue weighted by Crippen LogP contribution is -2.08. The van der Waals surface area contributed by atoms with Crippen LogP contribution in [0.5, 0.6) is 0 Å². The van der Waals surface area contributed by atoms with Gasteiger partial charge in [0.25, 0.3) is 5.89 Å². The van der Waals surface area contributed by atoms with Crippen molar-refractivity contribution < 1.29 is 14.1 Å². The SMILES string of the molecule is Cc1nn(CC(C)C)c(Cl)c1C(=O)OCc1nc(-c2cccc(Cl)c2)no1. The first kappa shape index (κ1) is 19.4. The molecule has 2 heterocycles. The molecule has 0 saturated heterocycles. The van der Waals surface area contributed by atoms with Gasteiger partial charge in [0.1, 0.15) is 10.7 Å². The summed E-state index contributed by atoms with van der Waals surface area (Å²) < 4.78 is 12.0. The third-order valence-corrected chi connectivity index (χ3v) is 4.30. The second-order valence-corrected chi connectivity index (χ2v) is 7.22. The van der Waals surface area contributed by atoms with Crippen LogP contribution in [0.1, 0.15) is 35.8 Å². The Bertz CT molecular complexity index is 965. The number of hydrogen-bond acceptors (Lipinski definition) is 6. The molecule has 0 fully saturated rings. The predicted molar refractivity (Wildman–Crippen MR) is 101 cm³/mol. The fraction of sp³-hybridized carbons (Fsp3) is 0.333. The van der Waals surface area contributed by atoms with Crippen molar-refractivity contribution in [2.45, 2.75) is 33.9 Å². The van der Waals surface area contributed by atoms with Crippen molar-refractivity contribution >= 4 is 29.2 Å². The van der Waals surface area contributed by atoms with E-state index in [-0.39, 0.29) is 23.2 Å². The average Bonchev–Trinajstić information content (AvgIpc) is 3.18. The maximum Gasteiger partial charge on any atom is 0.343 e. The molecule has 0 aliphatic heterocycles. The zero-order valence-electron chi connectivity index (χ0n) is 15.1. The van der Waals surface area contributed by atoms with Gasteiger partial charge in [-0.3, -0.25) is 4.68 Å². The molecular formula is C18H18Cl2N4O3. The quantitative estimate of drug-likeness (QED) is 0.555. The number of aryl methyl sites for hydroxylation is 1. The van der Waals surface area contributed by atoms with Gasteiger partial charge in [0.2, 0.25) is 5.82 Å². The largest absolute Gasteiger partial charge is 0.452 e. The van der Waals surface area contributed by atoms with Crippen LogP contribution in [-0.2, 0) is 17.9 Å². The van der Waals surface area contributed by atoms with E-state index in [1.807, 2.05) is 13.8 Å². The molecule has 0 spiro atoms. The van der Waals surface area contributed by atoms with E-state index in [0.29, 0.717) is 34.6 Å². The minimum Gasteiger partial charge on any atom is -0.452 e. The lowest BCUT2D eigenvalue weighted by atomic mass is 10.2. The van der Waals surface area contributed by atoms with Crippen molar-refractivity contribution in [1.82, 2.24) is 19.9 Å². The van der Waals surface area contributed by atoms with Crippen LogP contribution in [0.2, 0.25) is 10.2 Å². The third kappa shape index (κ3) is 4.48. The van der Waals surface area contributed by atoms with E-state index < -0.39 is 5.97 Å². The van der Waals surface area contributed by atoms with Crippen LogP contribution in [0.3, 0.4) is 0 Å². The van der Waals surface area contributed by atoms with Crippen LogP contribution in [-0.4, -0.2) is 25.9 Å². The van der Waals surface area contributed by atoms with Crippen LogP contribution >= 0.6 is 23.2 Å². The van der Waals surface area contributed by atoms with E-state index in [1.54, 1.807) is 35.9 Å². The molecule has 27 heavy (non-hydrogen) atoms. The van der Waals surface area contributed by atoms with E-state index in [2.05, 4.69) is 15.2 Å². The van der Waals surface area contributed by atoms with Crippen molar-refractivity contribution in [2.75, 3.05) is 0 Å². The van der Waals surface area contributed by atoms with Gasteiger partial charge in [0, 0.05) is 17.1 Å². The highest BCUT2D eigenvalue weighted by atomic mass is 35.5. The molecule has 2 aromatic heterocycles. The minimum atomic E-state index is -0.588. The van der Waals surface area contributed by atoms with Gasteiger partial charge in [-0.2, -0.15) is 10.1 Å². The van der Waals surface area contributed by atoms with Crippen LogP contribution < -0.4 is 0 Å². The minimum absolute atomic E-state index is 0.168. The highest BCUT2D eigenvalue weighted by Gasteiger charge is 2.23. The summed E-state index contributed by atoms with van der Waals surface area (Å²) >= 11 is 12.2. The standard InChI is InChI=1S/C18H18Cl2N4O3/c1-10(2)8-24-16(20)15(11(3)22-24)18(25)26-9-14-21-17(23-27-14)12-5-4-6-13(19)7-12/h4-7,10H,8-9H2,1-3H3. The van der Waals surface area contributed by atoms with E-state index in [1.165, 1.54) is 0 Å². The fourth-order valence-electron chi connectivity index (χ4n) is 2.51. The zero-order valence-corrected chi connectivity index (χ0v) is 16.6. The fourth-order valence-corrected chi connectivity index (χ4v) is 3.02. The number of rotatable bonds is 6. The van der Waals surface area contributed by atoms with Crippen molar-refractivity contribution in [3.05, 3.63) is 51.6 Å². The van der Waals surface area contributed by atoms with Crippen molar-refractivity contribution in [2.24, 2.45) is 5.92 Å². The Kier molecular flexibility index (Phi) is 5.82. The molecule has 9 heteroatoms. The van der Waals surface area contributed by atoms with Crippen LogP contribution in [0.4, 0.5) is 0 Å². The molecule has 0 saturated carbocycles. The van der Waals surface area contributed by atoms with Crippen LogP contribution in [0, 0.1) is 12.8 Å². The van der Waals surface area contributed by atoms with Gasteiger partial charge in [-0.25, -0.2) is 4.79 Å². The lowest BCUT2D eigenvalue weighted by molar-refractivity contribution is 0.0429. The normalized spacial score (nSPS) is 11.2. The Morgan fingerprint density at radius 1 is 1.33 bits per heavy atom. The van der Waals surface area contributed by atoms with Gasteiger partial charge in [-0.1, -0.05) is 54.3 Å². The van der Waals surface area contributed by atoms with Gasteiger partial charge in [0.15, 0.2) is 6.61 Å². The maximum absolute atomic E-state index is 12.4. The lowest BCUT2D eigenvalue weighted by Gasteiger charge is -2.06. The Hall–Kier alpha value is -2.38. The van der Waals surface area contributed by atoms with E-state index in [9.17, 15) is 4.79 Å². The molecule has 142 valence electrons. The van der Waals surface area contributed by atoms with Gasteiger partial charge >= 0.3 is 5.97 Å². The molecule has 0 radical (unpaired) electrons. The number of carbonyl (C=O) groups excluding carboxylic acids is 1. The first-order chi connectivity index (χ1) is 12.8. The summed E-state index contributed by atoms with van der Waals surface area (Å²) in [6.45, 7) is 6.23. The van der Waals surface area contributed by atoms with Gasteiger partial charge in [-0.15, -0.1) is 0 Å². The van der Waals surface area contributed by atoms with Crippen LogP contribution in [0.25, 0.3) is 11.4 Å². The second kappa shape index (κ2) is 8.10. The van der Waals surface area contributed by atoms with Crippen LogP contribution in [0.15, 0.2) is 28.8 Å². The topological polar surface area (TPSA) is 83.0 Å². The van der Waals surface area contributed by atoms with E-state index in [4.69, 9.17) is 32.5 Å². The monoisotopic (exact) mass is 408 g/mol. The molecule has 0 aliphatic rings. The summed E-state index contributed by atoms with van der Waals surface area (Å²) in [7, 11) is 0. The van der Waals surface area contributed by atoms with Crippen molar-refractivity contribution in [1.29, 1.82) is 0 Å². The molecule has 3 aromatic rings. The summed E-state index contributed by atoms with van der Waals surface area (Å²) in [6.07, 6.45) is 0. The molecule has 0 bridgehead atoms. The predicted octanol–water partition coefficient (Wildman–Crippen LogP) is 4.56. The summed E-state index contributed by atoms with van der Waals surface area (Å²) in [5, 5.41) is 8.99. The first-order valence-corrected chi connectivity index (χ1v) is 9.09. The van der Waals surface area contributed by atoms with E-state index in [0.717, 1.165) is 0 Å². The smallest absolute Gasteiger partial charge is 0.343 e. The number of aromatic nitrogens is 4. The summed E-state index contributed by atoms with van der Waals surface area (Å²) in [4.78, 5) is 16.6. The third-order valence-electron chi connectivity index (χ3n) is 3.69. The number of esters is 1. The highest BCUT2D eigenvalue weighted by molar-refractivity contribution is 6.32. The highest BCUT2D eigenvalue weighted by Crippen LogP contribution is 2.23. The Labute approximate surface area is 166 Å². The van der Waals surface area contributed by atoms with E-state index >= 15 is 0 Å². The Balaban J connectivity index is 1.69. The molecule has 0 amide bonds. The number of halogens is 2. The Morgan fingerprint density at radius 3 is 2.81 bits per heavy atom. The molecule has 0 unspecified atom stereocenters. The molecule has 0 N–H and O–H groups in total. The number of ether oxygens (including phenoxy) is 1.